The first-order chi connectivity index (χ1) is 11.6. The molecule has 1 aromatic carbocycles. The fourth-order valence-electron chi connectivity index (χ4n) is 3.32. The van der Waals surface area contributed by atoms with Crippen LogP contribution >= 0.6 is 11.6 Å². The van der Waals surface area contributed by atoms with Crippen molar-refractivity contribution in [2.45, 2.75) is 19.4 Å². The number of allylic oxidation sites excluding steroid dienone is 2. The van der Waals surface area contributed by atoms with Gasteiger partial charge in [-0.2, -0.15) is 0 Å². The molecule has 2 aromatic rings. The Labute approximate surface area is 143 Å². The van der Waals surface area contributed by atoms with Crippen LogP contribution in [0.5, 0.6) is 0 Å². The minimum atomic E-state index is -0.221. The van der Waals surface area contributed by atoms with Gasteiger partial charge >= 0.3 is 0 Å². The molecule has 1 aliphatic carbocycles. The van der Waals surface area contributed by atoms with E-state index < -0.39 is 0 Å². The molecule has 0 spiro atoms. The molecule has 0 N–H and O–H groups in total. The number of benzene rings is 1. The maximum absolute atomic E-state index is 12.5. The van der Waals surface area contributed by atoms with Crippen LogP contribution in [-0.2, 0) is 16.1 Å². The Morgan fingerprint density at radius 3 is 2.33 bits per heavy atom. The van der Waals surface area contributed by atoms with Gasteiger partial charge in [0.15, 0.2) is 5.76 Å². The van der Waals surface area contributed by atoms with Gasteiger partial charge in [-0.1, -0.05) is 41.0 Å². The maximum atomic E-state index is 12.5. The second kappa shape index (κ2) is 5.91. The van der Waals surface area contributed by atoms with Crippen LogP contribution in [0.25, 0.3) is 11.3 Å². The molecular formula is C18H15ClN2O3. The third kappa shape index (κ3) is 2.55. The molecule has 122 valence electrons. The summed E-state index contributed by atoms with van der Waals surface area (Å²) in [5, 5.41) is 4.66. The van der Waals surface area contributed by atoms with E-state index >= 15 is 0 Å². The first kappa shape index (κ1) is 15.1. The Balaban J connectivity index is 1.53. The van der Waals surface area contributed by atoms with E-state index in [9.17, 15) is 9.59 Å². The van der Waals surface area contributed by atoms with E-state index in [1.165, 1.54) is 4.90 Å². The molecule has 1 aliphatic heterocycles. The molecule has 0 saturated carbocycles. The van der Waals surface area contributed by atoms with Crippen LogP contribution < -0.4 is 0 Å². The van der Waals surface area contributed by atoms with Crippen LogP contribution in [0.15, 0.2) is 47.0 Å². The molecule has 2 unspecified atom stereocenters. The van der Waals surface area contributed by atoms with Gasteiger partial charge in [-0.15, -0.1) is 0 Å². The largest absolute Gasteiger partial charge is 0.359 e. The number of hydrogen-bond acceptors (Lipinski definition) is 4. The molecule has 5 nitrogen and oxygen atoms in total. The highest BCUT2D eigenvalue weighted by molar-refractivity contribution is 6.30. The number of carbonyl (C=O) groups excluding carboxylic acids is 2. The Morgan fingerprint density at radius 2 is 1.71 bits per heavy atom. The van der Waals surface area contributed by atoms with Crippen molar-refractivity contribution in [2.24, 2.45) is 11.8 Å². The lowest BCUT2D eigenvalue weighted by atomic mass is 9.85. The molecule has 2 aliphatic rings. The van der Waals surface area contributed by atoms with Crippen molar-refractivity contribution < 1.29 is 14.1 Å². The first-order valence-electron chi connectivity index (χ1n) is 7.85. The minimum Gasteiger partial charge on any atom is -0.359 e. The summed E-state index contributed by atoms with van der Waals surface area (Å²) in [5.74, 6) is -0.173. The highest BCUT2D eigenvalue weighted by atomic mass is 35.5. The Kier molecular flexibility index (Phi) is 3.73. The van der Waals surface area contributed by atoms with Crippen LogP contribution in [0.3, 0.4) is 0 Å². The number of hydrogen-bond donors (Lipinski definition) is 0. The van der Waals surface area contributed by atoms with Gasteiger partial charge in [-0.05, 0) is 25.0 Å². The van der Waals surface area contributed by atoms with E-state index in [0.717, 1.165) is 5.56 Å². The molecule has 2 atom stereocenters. The second-order valence-electron chi connectivity index (χ2n) is 6.10. The van der Waals surface area contributed by atoms with E-state index in [1.54, 1.807) is 18.2 Å². The molecule has 1 saturated heterocycles. The van der Waals surface area contributed by atoms with Crippen molar-refractivity contribution in [3.8, 4) is 11.3 Å². The molecule has 2 heterocycles. The van der Waals surface area contributed by atoms with Crippen molar-refractivity contribution in [2.75, 3.05) is 0 Å². The zero-order chi connectivity index (χ0) is 16.7. The highest BCUT2D eigenvalue weighted by Crippen LogP contribution is 2.36. The minimum absolute atomic E-state index is 0.112. The lowest BCUT2D eigenvalue weighted by Crippen LogP contribution is -2.30. The average molecular weight is 343 g/mol. The van der Waals surface area contributed by atoms with E-state index in [-0.39, 0.29) is 30.2 Å². The third-order valence-electron chi connectivity index (χ3n) is 4.61. The van der Waals surface area contributed by atoms with Gasteiger partial charge in [-0.3, -0.25) is 14.5 Å². The SMILES string of the molecule is O=C1C2CC=CCC2C(=O)N1Cc1cc(-c2ccc(Cl)cc2)no1. The summed E-state index contributed by atoms with van der Waals surface area (Å²) in [6, 6.07) is 8.99. The monoisotopic (exact) mass is 342 g/mol. The predicted molar refractivity (Wildman–Crippen MR) is 87.9 cm³/mol. The van der Waals surface area contributed by atoms with Crippen molar-refractivity contribution in [3.63, 3.8) is 0 Å². The zero-order valence-corrected chi connectivity index (χ0v) is 13.6. The van der Waals surface area contributed by atoms with E-state index in [0.29, 0.717) is 29.3 Å². The number of amides is 2. The lowest BCUT2D eigenvalue weighted by molar-refractivity contribution is -0.140. The first-order valence-corrected chi connectivity index (χ1v) is 8.23. The lowest BCUT2D eigenvalue weighted by Gasteiger charge is -2.14. The highest BCUT2D eigenvalue weighted by Gasteiger charge is 2.47. The quantitative estimate of drug-likeness (QED) is 0.633. The van der Waals surface area contributed by atoms with Gasteiger partial charge in [0, 0.05) is 16.7 Å². The van der Waals surface area contributed by atoms with Gasteiger partial charge < -0.3 is 4.52 Å². The average Bonchev–Trinajstić information content (AvgIpc) is 3.16. The van der Waals surface area contributed by atoms with Crippen LogP contribution in [0.1, 0.15) is 18.6 Å². The molecule has 24 heavy (non-hydrogen) atoms. The number of halogens is 1. The fraction of sp³-hybridized carbons (Fsp3) is 0.278. The molecule has 0 radical (unpaired) electrons. The molecule has 1 aromatic heterocycles. The number of nitrogens with zero attached hydrogens (tertiary/aromatic N) is 2. The zero-order valence-electron chi connectivity index (χ0n) is 12.8. The Morgan fingerprint density at radius 1 is 1.08 bits per heavy atom. The molecule has 0 bridgehead atoms. The number of fused-ring (bicyclic) bond motifs is 1. The smallest absolute Gasteiger partial charge is 0.233 e. The second-order valence-corrected chi connectivity index (χ2v) is 6.54. The number of rotatable bonds is 3. The van der Waals surface area contributed by atoms with E-state index in [4.69, 9.17) is 16.1 Å². The summed E-state index contributed by atoms with van der Waals surface area (Å²) in [6.07, 6.45) is 5.22. The number of imide groups is 1. The summed E-state index contributed by atoms with van der Waals surface area (Å²) in [4.78, 5) is 26.2. The van der Waals surface area contributed by atoms with E-state index in [1.807, 2.05) is 24.3 Å². The number of aromatic nitrogens is 1. The van der Waals surface area contributed by atoms with Gasteiger partial charge in [0.25, 0.3) is 0 Å². The van der Waals surface area contributed by atoms with Gasteiger partial charge in [-0.25, -0.2) is 0 Å². The molecule has 2 amide bonds. The van der Waals surface area contributed by atoms with Crippen LogP contribution in [-0.4, -0.2) is 21.9 Å². The van der Waals surface area contributed by atoms with Gasteiger partial charge in [0.1, 0.15) is 5.69 Å². The Hall–Kier alpha value is -2.40. The summed E-state index contributed by atoms with van der Waals surface area (Å²) >= 11 is 5.88. The summed E-state index contributed by atoms with van der Waals surface area (Å²) < 4.78 is 5.32. The van der Waals surface area contributed by atoms with Crippen molar-refractivity contribution in [3.05, 3.63) is 53.3 Å². The van der Waals surface area contributed by atoms with Crippen molar-refractivity contribution in [1.29, 1.82) is 0 Å². The summed E-state index contributed by atoms with van der Waals surface area (Å²) in [6.45, 7) is 0.130. The molecule has 6 heteroatoms. The predicted octanol–water partition coefficient (Wildman–Crippen LogP) is 3.45. The van der Waals surface area contributed by atoms with Gasteiger partial charge in [0.2, 0.25) is 11.8 Å². The standard InChI is InChI=1S/C18H15ClN2O3/c19-12-7-5-11(6-8-12)16-9-13(24-20-16)10-21-17(22)14-3-1-2-4-15(14)18(21)23/h1-2,5-9,14-15H,3-4,10H2. The summed E-state index contributed by atoms with van der Waals surface area (Å²) in [5.41, 5.74) is 1.52. The Bertz CT molecular complexity index is 799. The molecular weight excluding hydrogens is 328 g/mol. The maximum Gasteiger partial charge on any atom is 0.233 e. The number of likely N-dealkylation sites (tertiary alicyclic amines) is 1. The fourth-order valence-corrected chi connectivity index (χ4v) is 3.45. The van der Waals surface area contributed by atoms with Crippen molar-refractivity contribution in [1.82, 2.24) is 10.1 Å². The van der Waals surface area contributed by atoms with Crippen LogP contribution in [0, 0.1) is 11.8 Å². The molecule has 1 fully saturated rings. The van der Waals surface area contributed by atoms with Crippen molar-refractivity contribution >= 4 is 23.4 Å². The topological polar surface area (TPSA) is 63.4 Å². The third-order valence-corrected chi connectivity index (χ3v) is 4.86. The van der Waals surface area contributed by atoms with Gasteiger partial charge in [0.05, 0.1) is 18.4 Å². The normalized spacial score (nSPS) is 23.0. The number of carbonyl (C=O) groups is 2. The summed E-state index contributed by atoms with van der Waals surface area (Å²) in [7, 11) is 0. The van der Waals surface area contributed by atoms with E-state index in [2.05, 4.69) is 5.16 Å². The molecule has 4 rings (SSSR count). The van der Waals surface area contributed by atoms with Crippen LogP contribution in [0.2, 0.25) is 5.02 Å². The van der Waals surface area contributed by atoms with Crippen LogP contribution in [0.4, 0.5) is 0 Å².